The summed E-state index contributed by atoms with van der Waals surface area (Å²) in [6, 6.07) is 22.3. The number of carbonyl (C=O) groups is 2. The summed E-state index contributed by atoms with van der Waals surface area (Å²) in [7, 11) is 0. The Morgan fingerprint density at radius 1 is 0.867 bits per heavy atom. The average Bonchev–Trinajstić information content (AvgIpc) is 2.93. The molecule has 150 valence electrons. The van der Waals surface area contributed by atoms with Gasteiger partial charge in [-0.2, -0.15) is 0 Å². The molecule has 0 unspecified atom stereocenters. The minimum atomic E-state index is -0.384. The maximum absolute atomic E-state index is 13.4. The monoisotopic (exact) mass is 434 g/mol. The Morgan fingerprint density at radius 3 is 2.33 bits per heavy atom. The zero-order valence-electron chi connectivity index (χ0n) is 16.5. The summed E-state index contributed by atoms with van der Waals surface area (Å²) in [6.45, 7) is 3.88. The van der Waals surface area contributed by atoms with Crippen molar-refractivity contribution in [2.75, 3.05) is 10.2 Å². The molecule has 1 aliphatic rings. The molecule has 0 spiro atoms. The number of rotatable bonds is 5. The van der Waals surface area contributed by atoms with E-state index in [4.69, 9.17) is 11.6 Å². The van der Waals surface area contributed by atoms with E-state index < -0.39 is 0 Å². The lowest BCUT2D eigenvalue weighted by atomic mass is 10.1. The number of imide groups is 1. The highest BCUT2D eigenvalue weighted by Crippen LogP contribution is 2.38. The van der Waals surface area contributed by atoms with Crippen molar-refractivity contribution in [2.24, 2.45) is 0 Å². The minimum absolute atomic E-state index is 0.246. The average molecular weight is 435 g/mol. The van der Waals surface area contributed by atoms with Gasteiger partial charge in [0.2, 0.25) is 0 Å². The van der Waals surface area contributed by atoms with Gasteiger partial charge in [-0.25, -0.2) is 4.90 Å². The van der Waals surface area contributed by atoms with Crippen molar-refractivity contribution in [3.63, 3.8) is 0 Å². The lowest BCUT2D eigenvalue weighted by molar-refractivity contribution is -0.120. The summed E-state index contributed by atoms with van der Waals surface area (Å²) < 4.78 is 0. The number of carbonyl (C=O) groups excluding carboxylic acids is 2. The number of nitrogens with zero attached hydrogens (tertiary/aromatic N) is 1. The number of thioether (sulfide) groups is 1. The number of nitrogens with one attached hydrogen (secondary N) is 1. The van der Waals surface area contributed by atoms with Crippen LogP contribution in [-0.4, -0.2) is 11.8 Å². The molecular formula is C24H19ClN2O2S. The highest BCUT2D eigenvalue weighted by Gasteiger charge is 2.40. The van der Waals surface area contributed by atoms with Crippen LogP contribution >= 0.6 is 23.4 Å². The Bertz CT molecular complexity index is 1170. The van der Waals surface area contributed by atoms with Crippen molar-refractivity contribution in [2.45, 2.75) is 18.7 Å². The molecule has 3 aromatic rings. The van der Waals surface area contributed by atoms with Gasteiger partial charge in [0.1, 0.15) is 10.6 Å². The SMILES string of the molecule is Cc1ccc(N2C(=O)C(Nc3cccc(Cl)c3)=C(Sc3ccccc3)C2=O)c(C)c1. The Morgan fingerprint density at radius 2 is 1.63 bits per heavy atom. The number of aryl methyl sites for hydroxylation is 2. The van der Waals surface area contributed by atoms with E-state index in [9.17, 15) is 9.59 Å². The van der Waals surface area contributed by atoms with Gasteiger partial charge in [0, 0.05) is 15.6 Å². The van der Waals surface area contributed by atoms with Crippen LogP contribution in [0.25, 0.3) is 0 Å². The second-order valence-electron chi connectivity index (χ2n) is 6.99. The van der Waals surface area contributed by atoms with Crippen molar-refractivity contribution in [3.05, 3.63) is 99.5 Å². The minimum Gasteiger partial charge on any atom is -0.350 e. The summed E-state index contributed by atoms with van der Waals surface area (Å²) in [5.41, 5.74) is 3.41. The number of amides is 2. The molecule has 0 radical (unpaired) electrons. The van der Waals surface area contributed by atoms with E-state index in [1.165, 1.54) is 16.7 Å². The predicted octanol–water partition coefficient (Wildman–Crippen LogP) is 5.95. The second kappa shape index (κ2) is 8.38. The molecule has 4 rings (SSSR count). The normalized spacial score (nSPS) is 13.9. The molecule has 0 aromatic heterocycles. The molecule has 0 saturated heterocycles. The fraction of sp³-hybridized carbons (Fsp3) is 0.0833. The van der Waals surface area contributed by atoms with Gasteiger partial charge in [-0.3, -0.25) is 9.59 Å². The highest BCUT2D eigenvalue weighted by molar-refractivity contribution is 8.04. The van der Waals surface area contributed by atoms with E-state index in [2.05, 4.69) is 5.32 Å². The summed E-state index contributed by atoms with van der Waals surface area (Å²) >= 11 is 7.37. The highest BCUT2D eigenvalue weighted by atomic mass is 35.5. The van der Waals surface area contributed by atoms with Gasteiger partial charge < -0.3 is 5.32 Å². The molecule has 30 heavy (non-hydrogen) atoms. The lowest BCUT2D eigenvalue weighted by Gasteiger charge is -2.18. The fourth-order valence-electron chi connectivity index (χ4n) is 3.31. The Hall–Kier alpha value is -3.02. The van der Waals surface area contributed by atoms with Crippen LogP contribution in [0.15, 0.2) is 88.3 Å². The molecule has 2 amide bonds. The van der Waals surface area contributed by atoms with Crippen LogP contribution in [0.5, 0.6) is 0 Å². The van der Waals surface area contributed by atoms with E-state index in [-0.39, 0.29) is 17.5 Å². The Balaban J connectivity index is 1.77. The van der Waals surface area contributed by atoms with Gasteiger partial charge in [-0.1, -0.05) is 65.3 Å². The third kappa shape index (κ3) is 3.99. The molecule has 6 heteroatoms. The molecule has 0 bridgehead atoms. The fourth-order valence-corrected chi connectivity index (χ4v) is 4.44. The predicted molar refractivity (Wildman–Crippen MR) is 123 cm³/mol. The second-order valence-corrected chi connectivity index (χ2v) is 8.51. The Kier molecular flexibility index (Phi) is 5.66. The number of halogens is 1. The first-order chi connectivity index (χ1) is 14.4. The zero-order chi connectivity index (χ0) is 21.3. The van der Waals surface area contributed by atoms with Crippen LogP contribution in [0, 0.1) is 13.8 Å². The van der Waals surface area contributed by atoms with Crippen molar-refractivity contribution in [3.8, 4) is 0 Å². The van der Waals surface area contributed by atoms with E-state index in [0.29, 0.717) is 21.3 Å². The van der Waals surface area contributed by atoms with Crippen LogP contribution in [0.4, 0.5) is 11.4 Å². The molecule has 0 atom stereocenters. The van der Waals surface area contributed by atoms with Crippen LogP contribution in [0.3, 0.4) is 0 Å². The first-order valence-electron chi connectivity index (χ1n) is 9.40. The molecule has 1 N–H and O–H groups in total. The molecule has 0 saturated carbocycles. The van der Waals surface area contributed by atoms with Crippen molar-refractivity contribution in [1.29, 1.82) is 0 Å². The van der Waals surface area contributed by atoms with Crippen molar-refractivity contribution in [1.82, 2.24) is 0 Å². The summed E-state index contributed by atoms with van der Waals surface area (Å²) in [4.78, 5) is 29.2. The maximum Gasteiger partial charge on any atom is 0.283 e. The zero-order valence-corrected chi connectivity index (χ0v) is 18.1. The maximum atomic E-state index is 13.4. The van der Waals surface area contributed by atoms with Gasteiger partial charge in [0.05, 0.1) is 5.69 Å². The third-order valence-corrected chi connectivity index (χ3v) is 6.02. The van der Waals surface area contributed by atoms with Gasteiger partial charge in [-0.05, 0) is 55.8 Å². The van der Waals surface area contributed by atoms with Crippen molar-refractivity contribution >= 4 is 46.6 Å². The molecule has 3 aromatic carbocycles. The number of benzene rings is 3. The third-order valence-electron chi connectivity index (χ3n) is 4.69. The van der Waals surface area contributed by atoms with E-state index >= 15 is 0 Å². The molecule has 1 heterocycles. The van der Waals surface area contributed by atoms with Crippen molar-refractivity contribution < 1.29 is 9.59 Å². The summed E-state index contributed by atoms with van der Waals surface area (Å²) in [5, 5.41) is 3.67. The van der Waals surface area contributed by atoms with Gasteiger partial charge in [0.15, 0.2) is 0 Å². The van der Waals surface area contributed by atoms with Crippen LogP contribution in [0.1, 0.15) is 11.1 Å². The van der Waals surface area contributed by atoms with Gasteiger partial charge in [-0.15, -0.1) is 0 Å². The molecule has 0 fully saturated rings. The standard InChI is InChI=1S/C24H19ClN2O2S/c1-15-11-12-20(16(2)13-15)27-23(28)21(26-18-8-6-7-17(25)14-18)22(24(27)29)30-19-9-4-3-5-10-19/h3-14,26H,1-2H3. The molecular weight excluding hydrogens is 416 g/mol. The molecule has 4 nitrogen and oxygen atoms in total. The lowest BCUT2D eigenvalue weighted by Crippen LogP contribution is -2.33. The van der Waals surface area contributed by atoms with Crippen LogP contribution < -0.4 is 10.2 Å². The Labute approximate surface area is 184 Å². The quantitative estimate of drug-likeness (QED) is 0.504. The number of hydrogen-bond donors (Lipinski definition) is 1. The largest absolute Gasteiger partial charge is 0.350 e. The summed E-state index contributed by atoms with van der Waals surface area (Å²) in [5.74, 6) is -0.726. The first-order valence-corrected chi connectivity index (χ1v) is 10.6. The molecule has 0 aliphatic carbocycles. The van der Waals surface area contributed by atoms with Crippen LogP contribution in [-0.2, 0) is 9.59 Å². The number of hydrogen-bond acceptors (Lipinski definition) is 4. The van der Waals surface area contributed by atoms with E-state index in [0.717, 1.165) is 16.0 Å². The van der Waals surface area contributed by atoms with Gasteiger partial charge in [0.25, 0.3) is 11.8 Å². The summed E-state index contributed by atoms with van der Waals surface area (Å²) in [6.07, 6.45) is 0. The topological polar surface area (TPSA) is 49.4 Å². The van der Waals surface area contributed by atoms with E-state index in [1.54, 1.807) is 24.3 Å². The van der Waals surface area contributed by atoms with Crippen LogP contribution in [0.2, 0.25) is 5.02 Å². The smallest absolute Gasteiger partial charge is 0.283 e. The number of anilines is 2. The first kappa shape index (κ1) is 20.3. The van der Waals surface area contributed by atoms with E-state index in [1.807, 2.05) is 62.4 Å². The molecule has 1 aliphatic heterocycles. The van der Waals surface area contributed by atoms with Gasteiger partial charge >= 0.3 is 0 Å².